The van der Waals surface area contributed by atoms with Crippen molar-refractivity contribution in [3.63, 3.8) is 0 Å². The molecular formula is C66H76N10O14. The number of likely N-dealkylation sites (tertiary alicyclic amines) is 2. The summed E-state index contributed by atoms with van der Waals surface area (Å²) in [6.07, 6.45) is 0.0363. The fraction of sp³-hybridized carbons (Fsp3) is 0.455. The number of nitrogens with one attached hydrogen (secondary N) is 4. The van der Waals surface area contributed by atoms with Crippen LogP contribution in [0.1, 0.15) is 128 Å². The van der Waals surface area contributed by atoms with Crippen LogP contribution < -0.4 is 29.6 Å². The zero-order chi connectivity index (χ0) is 63.5. The quantitative estimate of drug-likeness (QED) is 0.0783. The molecule has 6 aromatic rings. The lowest BCUT2D eigenvalue weighted by Gasteiger charge is -2.31. The molecule has 0 spiro atoms. The van der Waals surface area contributed by atoms with Crippen molar-refractivity contribution >= 4 is 36.2 Å². The molecule has 6 aliphatic heterocycles. The van der Waals surface area contributed by atoms with Crippen molar-refractivity contribution in [1.29, 1.82) is 0 Å². The second-order valence-corrected chi connectivity index (χ2v) is 26.3. The van der Waals surface area contributed by atoms with Gasteiger partial charge in [-0.1, -0.05) is 88.4 Å². The lowest BCUT2D eigenvalue weighted by molar-refractivity contribution is -0.136. The Morgan fingerprint density at radius 2 is 0.900 bits per heavy atom. The number of aromatic nitrogens is 4. The Balaban J connectivity index is 0.732. The molecule has 8 heterocycles. The van der Waals surface area contributed by atoms with Crippen molar-refractivity contribution in [2.75, 3.05) is 26.7 Å². The van der Waals surface area contributed by atoms with E-state index in [0.29, 0.717) is 59.1 Å². The molecule has 2 aromatic heterocycles. The third-order valence-electron chi connectivity index (χ3n) is 16.8. The fourth-order valence-corrected chi connectivity index (χ4v) is 12.4. The molecule has 0 aliphatic carbocycles. The van der Waals surface area contributed by atoms with Crippen molar-refractivity contribution < 1.29 is 66.7 Å². The molecule has 0 radical (unpaired) electrons. The Bertz CT molecular complexity index is 3500. The Kier molecular flexibility index (Phi) is 16.3. The molecule has 24 heteroatoms. The predicted molar refractivity (Wildman–Crippen MR) is 325 cm³/mol. The van der Waals surface area contributed by atoms with E-state index >= 15 is 0 Å². The predicted octanol–water partition coefficient (Wildman–Crippen LogP) is 10.3. The number of fused-ring (bicyclic) bond motifs is 6. The fourth-order valence-electron chi connectivity index (χ4n) is 12.4. The Morgan fingerprint density at radius 3 is 1.27 bits per heavy atom. The minimum Gasteiger partial charge on any atom is -0.454 e. The standard InChI is InChI=1S/C66H76N10O14/c1-35(2)53(71-61(79)89-65(5,6)7)59(77)75-29-43(87-63(81)73-27-41-19-21-51-55(45(41)31-73)85-33-83-51)23-49(75)57-67-25-47(69-57)39-15-11-37(12-16-39)38-13-17-40(18-14-38)48-26-68-58(70-48)50-24-44(30-76(50)60(78)54(36(3)4)72-62(80)90-66(8,9)10)88-64(82)74-28-42-20-22-52-56(46(42)32-74)86-34-84-52/h11-22,25-26,35-36,43-44,49-50,53-54H,23-24,27-34H2,1-10H3,(H,67,69)(H,68,70)(H,71,79)(H,72,80)/t43-,44-,49?,50?,53+,54+/m1/s1. The molecule has 24 nitrogen and oxygen atoms in total. The van der Waals surface area contributed by atoms with Crippen LogP contribution in [0.2, 0.25) is 0 Å². The summed E-state index contributed by atoms with van der Waals surface area (Å²) in [5, 5.41) is 5.59. The lowest BCUT2D eigenvalue weighted by atomic mass is 10.0. The van der Waals surface area contributed by atoms with Crippen LogP contribution in [0.15, 0.2) is 85.2 Å². The van der Waals surface area contributed by atoms with E-state index in [1.54, 1.807) is 73.5 Å². The smallest absolute Gasteiger partial charge is 0.410 e. The van der Waals surface area contributed by atoms with Gasteiger partial charge in [-0.25, -0.2) is 29.1 Å². The Hall–Kier alpha value is -9.48. The number of alkyl carbamates (subject to hydrolysis) is 2. The van der Waals surface area contributed by atoms with Gasteiger partial charge in [0.2, 0.25) is 25.4 Å². The number of hydrogen-bond acceptors (Lipinski definition) is 16. The number of carbonyl (C=O) groups excluding carboxylic acids is 6. The summed E-state index contributed by atoms with van der Waals surface area (Å²) < 4.78 is 46.0. The van der Waals surface area contributed by atoms with Crippen LogP contribution >= 0.6 is 0 Å². The largest absolute Gasteiger partial charge is 0.454 e. The zero-order valence-electron chi connectivity index (χ0n) is 52.2. The van der Waals surface area contributed by atoms with Gasteiger partial charge in [0.05, 0.1) is 62.0 Å². The molecule has 6 amide bonds. The van der Waals surface area contributed by atoms with Gasteiger partial charge < -0.3 is 68.3 Å². The molecule has 474 valence electrons. The molecule has 0 bridgehead atoms. The first-order chi connectivity index (χ1) is 42.9. The molecule has 4 N–H and O–H groups in total. The van der Waals surface area contributed by atoms with Crippen LogP contribution in [0.5, 0.6) is 23.0 Å². The number of nitrogens with zero attached hydrogens (tertiary/aromatic N) is 6. The van der Waals surface area contributed by atoms with Crippen molar-refractivity contribution in [2.24, 2.45) is 11.8 Å². The van der Waals surface area contributed by atoms with E-state index in [4.69, 9.17) is 47.9 Å². The maximum Gasteiger partial charge on any atom is 0.410 e. The van der Waals surface area contributed by atoms with Crippen LogP contribution in [0, 0.1) is 11.8 Å². The molecule has 2 unspecified atom stereocenters. The Labute approximate surface area is 521 Å². The molecule has 12 rings (SSSR count). The van der Waals surface area contributed by atoms with E-state index in [9.17, 15) is 28.8 Å². The van der Waals surface area contributed by atoms with Crippen LogP contribution in [-0.4, -0.2) is 138 Å². The highest BCUT2D eigenvalue weighted by Gasteiger charge is 2.46. The topological polar surface area (TPSA) is 271 Å². The van der Waals surface area contributed by atoms with E-state index < -0.39 is 72.0 Å². The average Bonchev–Trinajstić information content (AvgIpc) is 1.78. The molecule has 2 saturated heterocycles. The maximum absolute atomic E-state index is 14.7. The molecule has 6 aliphatic rings. The molecule has 4 aromatic carbocycles. The minimum absolute atomic E-state index is 0.0620. The number of rotatable bonds is 13. The van der Waals surface area contributed by atoms with Crippen LogP contribution in [0.3, 0.4) is 0 Å². The summed E-state index contributed by atoms with van der Waals surface area (Å²) in [4.78, 5) is 106. The minimum atomic E-state index is -0.954. The van der Waals surface area contributed by atoms with Gasteiger partial charge >= 0.3 is 24.4 Å². The average molecular weight is 1230 g/mol. The monoisotopic (exact) mass is 1230 g/mol. The molecule has 90 heavy (non-hydrogen) atoms. The molecule has 6 atom stereocenters. The maximum atomic E-state index is 14.7. The van der Waals surface area contributed by atoms with E-state index in [2.05, 4.69) is 20.6 Å². The number of imidazole rings is 2. The summed E-state index contributed by atoms with van der Waals surface area (Å²) in [5.74, 6) is 2.16. The SMILES string of the molecule is CC(C)[C@H](NC(=O)OC(C)(C)C)C(=O)N1C[C@H](OC(=O)N2Cc3ccc4c(c3C2)OCO4)CC1c1ncc(-c2ccc(-c3ccc(-c4cnc(C5C[C@@H](OC(=O)N6Cc7ccc8c(c7C6)OCO8)CN5C(=O)[C@@H](NC(=O)OC(C)(C)C)C(C)C)[nH]4)cc3)cc2)[nH]1. The molecule has 0 saturated carbocycles. The normalized spacial score (nSPS) is 19.6. The number of carbonyl (C=O) groups is 6. The van der Waals surface area contributed by atoms with Gasteiger partial charge in [0.15, 0.2) is 23.0 Å². The van der Waals surface area contributed by atoms with Gasteiger partial charge in [0, 0.05) is 37.1 Å². The highest BCUT2D eigenvalue weighted by atomic mass is 16.7. The van der Waals surface area contributed by atoms with Crippen molar-refractivity contribution in [1.82, 2.24) is 50.2 Å². The van der Waals surface area contributed by atoms with Gasteiger partial charge in [-0.2, -0.15) is 0 Å². The third kappa shape index (κ3) is 12.7. The highest BCUT2D eigenvalue weighted by Crippen LogP contribution is 2.44. The van der Waals surface area contributed by atoms with Crippen LogP contribution in [0.25, 0.3) is 33.6 Å². The van der Waals surface area contributed by atoms with Gasteiger partial charge in [-0.15, -0.1) is 0 Å². The van der Waals surface area contributed by atoms with Crippen molar-refractivity contribution in [3.05, 3.63) is 119 Å². The number of benzene rings is 4. The van der Waals surface area contributed by atoms with Crippen LogP contribution in [0.4, 0.5) is 19.2 Å². The number of amides is 6. The summed E-state index contributed by atoms with van der Waals surface area (Å²) in [5.41, 5.74) is 7.03. The number of H-pyrrole nitrogens is 2. The second kappa shape index (κ2) is 24.1. The molecular weight excluding hydrogens is 1160 g/mol. The summed E-state index contributed by atoms with van der Waals surface area (Å²) >= 11 is 0. The van der Waals surface area contributed by atoms with Gasteiger partial charge in [-0.05, 0) is 98.9 Å². The van der Waals surface area contributed by atoms with Gasteiger partial charge in [0.1, 0.15) is 47.1 Å². The highest BCUT2D eigenvalue weighted by molar-refractivity contribution is 5.88. The summed E-state index contributed by atoms with van der Waals surface area (Å²) in [6, 6.07) is 20.3. The Morgan fingerprint density at radius 1 is 0.522 bits per heavy atom. The van der Waals surface area contributed by atoms with Gasteiger partial charge in [0.25, 0.3) is 0 Å². The van der Waals surface area contributed by atoms with E-state index in [1.807, 2.05) is 100 Å². The van der Waals surface area contributed by atoms with Crippen molar-refractivity contribution in [3.8, 4) is 56.6 Å². The van der Waals surface area contributed by atoms with Gasteiger partial charge in [-0.3, -0.25) is 19.4 Å². The lowest BCUT2D eigenvalue weighted by Crippen LogP contribution is -2.52. The third-order valence-corrected chi connectivity index (χ3v) is 16.8. The zero-order valence-corrected chi connectivity index (χ0v) is 52.2. The first kappa shape index (κ1) is 60.8. The second-order valence-electron chi connectivity index (χ2n) is 26.3. The van der Waals surface area contributed by atoms with E-state index in [0.717, 1.165) is 44.5 Å². The van der Waals surface area contributed by atoms with Crippen molar-refractivity contribution in [2.45, 2.75) is 156 Å². The first-order valence-corrected chi connectivity index (χ1v) is 30.5. The van der Waals surface area contributed by atoms with E-state index in [-0.39, 0.29) is 76.3 Å². The number of ether oxygens (including phenoxy) is 8. The number of hydrogen-bond donors (Lipinski definition) is 4. The van der Waals surface area contributed by atoms with E-state index in [1.165, 1.54) is 0 Å². The van der Waals surface area contributed by atoms with Crippen LogP contribution in [-0.2, 0) is 54.7 Å². The molecule has 2 fully saturated rings. The summed E-state index contributed by atoms with van der Waals surface area (Å²) in [7, 11) is 0. The number of aromatic amines is 2. The summed E-state index contributed by atoms with van der Waals surface area (Å²) in [6.45, 7) is 19.5. The first-order valence-electron chi connectivity index (χ1n) is 30.5.